The van der Waals surface area contributed by atoms with E-state index in [9.17, 15) is 4.79 Å². The number of nitrogens with one attached hydrogen (secondary N) is 1. The molecule has 0 bridgehead atoms. The van der Waals surface area contributed by atoms with Crippen LogP contribution in [0.1, 0.15) is 27.2 Å². The highest BCUT2D eigenvalue weighted by molar-refractivity contribution is 6.07. The van der Waals surface area contributed by atoms with Gasteiger partial charge in [-0.1, -0.05) is 30.3 Å². The molecular formula is C23H20N2O2. The molecule has 2 heterocycles. The quantitative estimate of drug-likeness (QED) is 0.557. The van der Waals surface area contributed by atoms with E-state index in [1.807, 2.05) is 42.5 Å². The summed E-state index contributed by atoms with van der Waals surface area (Å²) in [5.41, 5.74) is 5.64. The fourth-order valence-electron chi connectivity index (χ4n) is 3.09. The monoisotopic (exact) mass is 356 g/mol. The normalized spacial score (nSPS) is 10.9. The molecule has 27 heavy (non-hydrogen) atoms. The van der Waals surface area contributed by atoms with E-state index in [4.69, 9.17) is 9.40 Å². The predicted molar refractivity (Wildman–Crippen MR) is 107 cm³/mol. The molecule has 0 aliphatic heterocycles. The Morgan fingerprint density at radius 1 is 1.00 bits per heavy atom. The number of aromatic nitrogens is 1. The standard InChI is InChI=1S/C23H20N2O2/c1-15-9-10-17(12-16(15)2)22-13-20(19-7-3-4-8-21(19)25-22)23(26)24-14-18-6-5-11-27-18/h3-13H,14H2,1-2H3,(H,24,26). The van der Waals surface area contributed by atoms with Crippen LogP contribution in [0.4, 0.5) is 0 Å². The Kier molecular flexibility index (Phi) is 4.47. The third-order valence-corrected chi connectivity index (χ3v) is 4.77. The summed E-state index contributed by atoms with van der Waals surface area (Å²) in [5.74, 6) is 0.575. The van der Waals surface area contributed by atoms with E-state index in [0.29, 0.717) is 12.1 Å². The first kappa shape index (κ1) is 17.0. The van der Waals surface area contributed by atoms with Gasteiger partial charge in [-0.25, -0.2) is 4.98 Å². The number of furan rings is 1. The van der Waals surface area contributed by atoms with Crippen molar-refractivity contribution in [2.75, 3.05) is 0 Å². The first-order valence-corrected chi connectivity index (χ1v) is 8.90. The molecule has 1 N–H and O–H groups in total. The van der Waals surface area contributed by atoms with Gasteiger partial charge in [0.2, 0.25) is 0 Å². The zero-order valence-corrected chi connectivity index (χ0v) is 15.3. The number of fused-ring (bicyclic) bond motifs is 1. The van der Waals surface area contributed by atoms with Crippen molar-refractivity contribution in [3.05, 3.63) is 89.4 Å². The highest BCUT2D eigenvalue weighted by Crippen LogP contribution is 2.26. The number of nitrogens with zero attached hydrogens (tertiary/aromatic N) is 1. The molecule has 2 aromatic heterocycles. The Morgan fingerprint density at radius 2 is 1.85 bits per heavy atom. The molecule has 4 nitrogen and oxygen atoms in total. The largest absolute Gasteiger partial charge is 0.467 e. The molecule has 2 aromatic carbocycles. The number of benzene rings is 2. The van der Waals surface area contributed by atoms with Crippen LogP contribution in [0.5, 0.6) is 0 Å². The van der Waals surface area contributed by atoms with Crippen molar-refractivity contribution >= 4 is 16.8 Å². The summed E-state index contributed by atoms with van der Waals surface area (Å²) in [7, 11) is 0. The van der Waals surface area contributed by atoms with E-state index in [-0.39, 0.29) is 5.91 Å². The maximum Gasteiger partial charge on any atom is 0.252 e. The van der Waals surface area contributed by atoms with Crippen LogP contribution in [-0.4, -0.2) is 10.9 Å². The van der Waals surface area contributed by atoms with Crippen molar-refractivity contribution in [3.63, 3.8) is 0 Å². The molecule has 0 aliphatic rings. The van der Waals surface area contributed by atoms with E-state index in [2.05, 4.69) is 31.3 Å². The van der Waals surface area contributed by atoms with Crippen LogP contribution in [0.15, 0.2) is 71.3 Å². The van der Waals surface area contributed by atoms with Gasteiger partial charge in [-0.3, -0.25) is 4.79 Å². The van der Waals surface area contributed by atoms with Crippen molar-refractivity contribution in [1.82, 2.24) is 10.3 Å². The molecular weight excluding hydrogens is 336 g/mol. The zero-order chi connectivity index (χ0) is 18.8. The number of para-hydroxylation sites is 1. The Morgan fingerprint density at radius 3 is 2.63 bits per heavy atom. The summed E-state index contributed by atoms with van der Waals surface area (Å²) in [4.78, 5) is 17.6. The van der Waals surface area contributed by atoms with Gasteiger partial charge in [0.1, 0.15) is 5.76 Å². The molecule has 134 valence electrons. The second kappa shape index (κ2) is 7.08. The van der Waals surface area contributed by atoms with Gasteiger partial charge in [0.25, 0.3) is 5.91 Å². The summed E-state index contributed by atoms with van der Waals surface area (Å²) in [5, 5.41) is 3.77. The Bertz CT molecular complexity index is 1110. The minimum absolute atomic E-state index is 0.143. The number of rotatable bonds is 4. The van der Waals surface area contributed by atoms with Gasteiger partial charge in [0.15, 0.2) is 0 Å². The fraction of sp³-hybridized carbons (Fsp3) is 0.130. The Hall–Kier alpha value is -3.40. The molecule has 4 rings (SSSR count). The molecule has 0 aliphatic carbocycles. The van der Waals surface area contributed by atoms with Crippen molar-refractivity contribution in [2.24, 2.45) is 0 Å². The number of amides is 1. The minimum Gasteiger partial charge on any atom is -0.467 e. The lowest BCUT2D eigenvalue weighted by Crippen LogP contribution is -2.23. The average Bonchev–Trinajstić information content (AvgIpc) is 3.21. The van der Waals surface area contributed by atoms with Crippen LogP contribution in [0.3, 0.4) is 0 Å². The Balaban J connectivity index is 1.76. The van der Waals surface area contributed by atoms with Gasteiger partial charge < -0.3 is 9.73 Å². The van der Waals surface area contributed by atoms with Crippen LogP contribution >= 0.6 is 0 Å². The average molecular weight is 356 g/mol. The summed E-state index contributed by atoms with van der Waals surface area (Å²) in [6.07, 6.45) is 1.60. The summed E-state index contributed by atoms with van der Waals surface area (Å²) < 4.78 is 5.30. The minimum atomic E-state index is -0.143. The second-order valence-corrected chi connectivity index (χ2v) is 6.63. The third-order valence-electron chi connectivity index (χ3n) is 4.77. The third kappa shape index (κ3) is 3.47. The van der Waals surface area contributed by atoms with E-state index in [1.165, 1.54) is 11.1 Å². The van der Waals surface area contributed by atoms with Crippen LogP contribution < -0.4 is 5.32 Å². The summed E-state index contributed by atoms with van der Waals surface area (Å²) in [6.45, 7) is 4.51. The molecule has 0 atom stereocenters. The molecule has 0 saturated carbocycles. The second-order valence-electron chi connectivity index (χ2n) is 6.63. The van der Waals surface area contributed by atoms with Gasteiger partial charge >= 0.3 is 0 Å². The van der Waals surface area contributed by atoms with Crippen LogP contribution in [0.25, 0.3) is 22.2 Å². The van der Waals surface area contributed by atoms with E-state index in [1.54, 1.807) is 12.3 Å². The molecule has 0 spiro atoms. The van der Waals surface area contributed by atoms with Crippen molar-refractivity contribution < 1.29 is 9.21 Å². The zero-order valence-electron chi connectivity index (χ0n) is 15.3. The molecule has 4 heteroatoms. The lowest BCUT2D eigenvalue weighted by Gasteiger charge is -2.11. The summed E-state index contributed by atoms with van der Waals surface area (Å²) in [6, 6.07) is 19.5. The molecule has 0 saturated heterocycles. The molecule has 1 amide bonds. The highest BCUT2D eigenvalue weighted by atomic mass is 16.3. The van der Waals surface area contributed by atoms with Gasteiger partial charge in [-0.15, -0.1) is 0 Å². The fourth-order valence-corrected chi connectivity index (χ4v) is 3.09. The highest BCUT2D eigenvalue weighted by Gasteiger charge is 2.14. The van der Waals surface area contributed by atoms with E-state index < -0.39 is 0 Å². The smallest absolute Gasteiger partial charge is 0.252 e. The predicted octanol–water partition coefficient (Wildman–Crippen LogP) is 5.04. The first-order chi connectivity index (χ1) is 13.1. The SMILES string of the molecule is Cc1ccc(-c2cc(C(=O)NCc3ccco3)c3ccccc3n2)cc1C. The maximum atomic E-state index is 12.9. The van der Waals surface area contributed by atoms with Gasteiger partial charge in [0, 0.05) is 10.9 Å². The van der Waals surface area contributed by atoms with Gasteiger partial charge in [0.05, 0.1) is 29.6 Å². The number of hydrogen-bond donors (Lipinski definition) is 1. The van der Waals surface area contributed by atoms with E-state index >= 15 is 0 Å². The number of hydrogen-bond acceptors (Lipinski definition) is 3. The lowest BCUT2D eigenvalue weighted by molar-refractivity contribution is 0.0949. The first-order valence-electron chi connectivity index (χ1n) is 8.90. The van der Waals surface area contributed by atoms with E-state index in [0.717, 1.165) is 27.9 Å². The van der Waals surface area contributed by atoms with Crippen LogP contribution in [-0.2, 0) is 6.54 Å². The number of aryl methyl sites for hydroxylation is 2. The number of carbonyl (C=O) groups excluding carboxylic acids is 1. The van der Waals surface area contributed by atoms with Crippen LogP contribution in [0, 0.1) is 13.8 Å². The van der Waals surface area contributed by atoms with Crippen molar-refractivity contribution in [3.8, 4) is 11.3 Å². The number of carbonyl (C=O) groups is 1. The van der Waals surface area contributed by atoms with Gasteiger partial charge in [-0.05, 0) is 55.3 Å². The Labute approximate surface area is 157 Å². The molecule has 0 radical (unpaired) electrons. The van der Waals surface area contributed by atoms with Crippen molar-refractivity contribution in [2.45, 2.75) is 20.4 Å². The molecule has 0 unspecified atom stereocenters. The summed E-state index contributed by atoms with van der Waals surface area (Å²) >= 11 is 0. The maximum absolute atomic E-state index is 12.9. The molecule has 0 fully saturated rings. The van der Waals surface area contributed by atoms with Crippen LogP contribution in [0.2, 0.25) is 0 Å². The van der Waals surface area contributed by atoms with Gasteiger partial charge in [-0.2, -0.15) is 0 Å². The topological polar surface area (TPSA) is 55.1 Å². The lowest BCUT2D eigenvalue weighted by atomic mass is 10.0. The number of pyridine rings is 1. The van der Waals surface area contributed by atoms with Crippen molar-refractivity contribution in [1.29, 1.82) is 0 Å². The molecule has 4 aromatic rings.